The van der Waals surface area contributed by atoms with E-state index in [1.165, 1.54) is 0 Å². The minimum Gasteiger partial charge on any atom is -0.344 e. The first kappa shape index (κ1) is 10.7. The van der Waals surface area contributed by atoms with Crippen LogP contribution in [0.15, 0.2) is 42.9 Å². The van der Waals surface area contributed by atoms with Crippen molar-refractivity contribution in [1.82, 2.24) is 15.0 Å². The molecule has 0 radical (unpaired) electrons. The Hall–Kier alpha value is -2.45. The van der Waals surface area contributed by atoms with Crippen LogP contribution in [0.2, 0.25) is 0 Å². The number of pyridine rings is 1. The molecule has 0 saturated carbocycles. The monoisotopic (exact) mass is 237 g/mol. The second-order valence-electron chi connectivity index (χ2n) is 4.24. The van der Waals surface area contributed by atoms with Crippen LogP contribution in [0.4, 0.5) is 0 Å². The lowest BCUT2D eigenvalue weighted by Crippen LogP contribution is -2.43. The van der Waals surface area contributed by atoms with Crippen LogP contribution in [0.5, 0.6) is 0 Å². The second-order valence-corrected chi connectivity index (χ2v) is 4.24. The van der Waals surface area contributed by atoms with Gasteiger partial charge in [-0.3, -0.25) is 4.98 Å². The van der Waals surface area contributed by atoms with Crippen molar-refractivity contribution in [2.24, 2.45) is 5.73 Å². The first-order valence-electron chi connectivity index (χ1n) is 5.59. The molecule has 2 aromatic heterocycles. The van der Waals surface area contributed by atoms with Crippen molar-refractivity contribution in [3.8, 4) is 6.07 Å². The van der Waals surface area contributed by atoms with Gasteiger partial charge in [-0.1, -0.05) is 24.3 Å². The molecule has 1 aliphatic rings. The zero-order valence-electron chi connectivity index (χ0n) is 9.54. The summed E-state index contributed by atoms with van der Waals surface area (Å²) in [7, 11) is 0. The number of imidazole rings is 1. The molecule has 3 N–H and O–H groups in total. The van der Waals surface area contributed by atoms with Crippen molar-refractivity contribution < 1.29 is 0 Å². The zero-order valence-corrected chi connectivity index (χ0v) is 9.54. The molecule has 5 nitrogen and oxygen atoms in total. The van der Waals surface area contributed by atoms with E-state index in [-0.39, 0.29) is 0 Å². The Morgan fingerprint density at radius 3 is 3.06 bits per heavy atom. The van der Waals surface area contributed by atoms with E-state index in [4.69, 9.17) is 5.73 Å². The molecule has 2 unspecified atom stereocenters. The third-order valence-corrected chi connectivity index (χ3v) is 3.23. The lowest BCUT2D eigenvalue weighted by atomic mass is 9.76. The molecule has 0 bridgehead atoms. The molecular formula is C13H11N5. The van der Waals surface area contributed by atoms with E-state index in [1.807, 2.05) is 24.3 Å². The number of nitriles is 1. The van der Waals surface area contributed by atoms with Crippen molar-refractivity contribution in [1.29, 1.82) is 5.26 Å². The zero-order chi connectivity index (χ0) is 12.6. The highest BCUT2D eigenvalue weighted by Gasteiger charge is 2.38. The fourth-order valence-corrected chi connectivity index (χ4v) is 2.14. The number of hydrogen-bond donors (Lipinski definition) is 2. The number of H-pyrrole nitrogens is 1. The van der Waals surface area contributed by atoms with Gasteiger partial charge >= 0.3 is 0 Å². The van der Waals surface area contributed by atoms with E-state index in [2.05, 4.69) is 21.0 Å². The summed E-state index contributed by atoms with van der Waals surface area (Å²) < 4.78 is 0. The van der Waals surface area contributed by atoms with Crippen molar-refractivity contribution in [3.05, 3.63) is 48.6 Å². The molecule has 18 heavy (non-hydrogen) atoms. The number of nitrogens with zero attached hydrogens (tertiary/aromatic N) is 3. The predicted octanol–water partition coefficient (Wildman–Crippen LogP) is 1.17. The molecular weight excluding hydrogens is 226 g/mol. The van der Waals surface area contributed by atoms with Crippen LogP contribution in [-0.2, 0) is 5.41 Å². The Kier molecular flexibility index (Phi) is 2.25. The molecule has 2 aromatic rings. The van der Waals surface area contributed by atoms with Gasteiger partial charge in [0, 0.05) is 0 Å². The lowest BCUT2D eigenvalue weighted by molar-refractivity contribution is 0.576. The Balaban J connectivity index is 2.20. The molecule has 2 heterocycles. The standard InChI is InChI=1S/C13H11N5/c14-7-13(4-2-1-3-11(13)15)12-5-9-10(6-16-12)18-8-17-9/h1-6,8,11H,15H2,(H,17,18). The van der Waals surface area contributed by atoms with Gasteiger partial charge in [-0.25, -0.2) is 4.98 Å². The van der Waals surface area contributed by atoms with Crippen molar-refractivity contribution >= 4 is 11.0 Å². The smallest absolute Gasteiger partial charge is 0.136 e. The molecule has 3 rings (SSSR count). The molecule has 0 spiro atoms. The van der Waals surface area contributed by atoms with Crippen LogP contribution in [-0.4, -0.2) is 21.0 Å². The van der Waals surface area contributed by atoms with E-state index >= 15 is 0 Å². The van der Waals surface area contributed by atoms with Gasteiger partial charge in [0.2, 0.25) is 0 Å². The quantitative estimate of drug-likeness (QED) is 0.778. The predicted molar refractivity (Wildman–Crippen MR) is 67.4 cm³/mol. The van der Waals surface area contributed by atoms with Gasteiger partial charge in [0.15, 0.2) is 0 Å². The second kappa shape index (κ2) is 3.79. The van der Waals surface area contributed by atoms with Gasteiger partial charge in [0.1, 0.15) is 10.9 Å². The first-order valence-corrected chi connectivity index (χ1v) is 5.59. The number of hydrogen-bond acceptors (Lipinski definition) is 4. The maximum absolute atomic E-state index is 9.51. The lowest BCUT2D eigenvalue weighted by Gasteiger charge is -2.28. The molecule has 5 heteroatoms. The third-order valence-electron chi connectivity index (χ3n) is 3.23. The number of fused-ring (bicyclic) bond motifs is 1. The molecule has 1 aliphatic carbocycles. The van der Waals surface area contributed by atoms with Crippen LogP contribution in [0.25, 0.3) is 11.0 Å². The maximum atomic E-state index is 9.51. The Morgan fingerprint density at radius 1 is 1.39 bits per heavy atom. The van der Waals surface area contributed by atoms with Gasteiger partial charge in [-0.2, -0.15) is 5.26 Å². The molecule has 0 amide bonds. The minimum absolute atomic E-state index is 0.402. The van der Waals surface area contributed by atoms with Gasteiger partial charge in [0.25, 0.3) is 0 Å². The molecule has 0 aromatic carbocycles. The Morgan fingerprint density at radius 2 is 2.28 bits per heavy atom. The highest BCUT2D eigenvalue weighted by atomic mass is 14.9. The highest BCUT2D eigenvalue weighted by Crippen LogP contribution is 2.31. The number of allylic oxidation sites excluding steroid dienone is 2. The van der Waals surface area contributed by atoms with Gasteiger partial charge in [-0.15, -0.1) is 0 Å². The van der Waals surface area contributed by atoms with E-state index < -0.39 is 11.5 Å². The van der Waals surface area contributed by atoms with E-state index in [0.717, 1.165) is 11.0 Å². The largest absolute Gasteiger partial charge is 0.344 e. The molecule has 0 fully saturated rings. The average molecular weight is 237 g/mol. The van der Waals surface area contributed by atoms with Crippen LogP contribution in [0.3, 0.4) is 0 Å². The summed E-state index contributed by atoms with van der Waals surface area (Å²) >= 11 is 0. The molecule has 0 aliphatic heterocycles. The summed E-state index contributed by atoms with van der Waals surface area (Å²) in [4.78, 5) is 11.4. The summed E-state index contributed by atoms with van der Waals surface area (Å²) in [6, 6.07) is 3.71. The van der Waals surface area contributed by atoms with E-state index in [0.29, 0.717) is 5.69 Å². The van der Waals surface area contributed by atoms with Gasteiger partial charge < -0.3 is 10.7 Å². The SMILES string of the molecule is N#CC1(c2cc3[nH]cnc3cn2)C=CC=CC1N. The van der Waals surface area contributed by atoms with Crippen LogP contribution < -0.4 is 5.73 Å². The number of aromatic amines is 1. The number of aromatic nitrogens is 3. The van der Waals surface area contributed by atoms with Crippen LogP contribution in [0.1, 0.15) is 5.69 Å². The van der Waals surface area contributed by atoms with Gasteiger partial charge in [0.05, 0.1) is 35.8 Å². The third kappa shape index (κ3) is 1.36. The summed E-state index contributed by atoms with van der Waals surface area (Å²) in [5.74, 6) is 0. The topological polar surface area (TPSA) is 91.4 Å². The fraction of sp³-hybridized carbons (Fsp3) is 0.154. The number of nitrogens with two attached hydrogens (primary N) is 1. The molecule has 0 saturated heterocycles. The number of nitrogens with one attached hydrogen (secondary N) is 1. The minimum atomic E-state index is -0.909. The normalized spacial score (nSPS) is 26.3. The summed E-state index contributed by atoms with van der Waals surface area (Å²) in [6.45, 7) is 0. The van der Waals surface area contributed by atoms with Gasteiger partial charge in [-0.05, 0) is 6.07 Å². The summed E-state index contributed by atoms with van der Waals surface area (Å²) in [5, 5.41) is 9.51. The van der Waals surface area contributed by atoms with E-state index in [1.54, 1.807) is 18.6 Å². The molecule has 2 atom stereocenters. The maximum Gasteiger partial charge on any atom is 0.136 e. The first-order chi connectivity index (χ1) is 8.76. The van der Waals surface area contributed by atoms with Crippen LogP contribution >= 0.6 is 0 Å². The highest BCUT2D eigenvalue weighted by molar-refractivity contribution is 5.74. The van der Waals surface area contributed by atoms with Crippen molar-refractivity contribution in [2.75, 3.05) is 0 Å². The van der Waals surface area contributed by atoms with E-state index in [9.17, 15) is 5.26 Å². The number of rotatable bonds is 1. The summed E-state index contributed by atoms with van der Waals surface area (Å²) in [6.07, 6.45) is 10.5. The fourth-order valence-electron chi connectivity index (χ4n) is 2.14. The van der Waals surface area contributed by atoms with Crippen molar-refractivity contribution in [3.63, 3.8) is 0 Å². The Labute approximate surface area is 104 Å². The van der Waals surface area contributed by atoms with Crippen LogP contribution in [0, 0.1) is 11.3 Å². The average Bonchev–Trinajstić information content (AvgIpc) is 2.87. The van der Waals surface area contributed by atoms with Crippen molar-refractivity contribution in [2.45, 2.75) is 11.5 Å². The Bertz CT molecular complexity index is 691. The summed E-state index contributed by atoms with van der Waals surface area (Å²) in [5.41, 5.74) is 7.40. The molecule has 88 valence electrons.